The van der Waals surface area contributed by atoms with Gasteiger partial charge in [-0.25, -0.2) is 0 Å². The summed E-state index contributed by atoms with van der Waals surface area (Å²) in [5.41, 5.74) is 2.25. The fraction of sp³-hybridized carbons (Fsp3) is 0.0833. The first-order chi connectivity index (χ1) is 14.4. The van der Waals surface area contributed by atoms with E-state index in [1.165, 1.54) is 4.90 Å². The van der Waals surface area contributed by atoms with E-state index in [-0.39, 0.29) is 11.3 Å². The van der Waals surface area contributed by atoms with E-state index in [0.717, 1.165) is 5.56 Å². The van der Waals surface area contributed by atoms with Crippen LogP contribution in [0.5, 0.6) is 0 Å². The molecule has 0 spiro atoms. The molecular formula is C24H17Cl2NO3. The molecule has 1 amide bonds. The molecule has 1 N–H and O–H groups in total. The number of rotatable bonds is 3. The standard InChI is InChI=1S/C24H17Cl2NO3/c1-14-11-12-16(13-19(14)26)27-21(17-9-5-6-10-18(17)25)20(23(29)24(27)30)22(28)15-7-3-2-4-8-15/h2-13,21,28H,1H3/b22-20+/t21-/m0/s1. The number of Topliss-reactive ketones (excluding diaryl/α,β-unsaturated/α-hetero) is 1. The highest BCUT2D eigenvalue weighted by atomic mass is 35.5. The van der Waals surface area contributed by atoms with Crippen molar-refractivity contribution in [2.45, 2.75) is 13.0 Å². The molecule has 0 aromatic heterocycles. The van der Waals surface area contributed by atoms with Crippen LogP contribution >= 0.6 is 23.2 Å². The number of aliphatic hydroxyl groups is 1. The highest BCUT2D eigenvalue weighted by Crippen LogP contribution is 2.44. The highest BCUT2D eigenvalue weighted by Gasteiger charge is 2.47. The Balaban J connectivity index is 1.99. The molecule has 0 unspecified atom stereocenters. The maximum atomic E-state index is 13.1. The first kappa shape index (κ1) is 20.2. The Morgan fingerprint density at radius 2 is 1.57 bits per heavy atom. The molecule has 3 aromatic rings. The Bertz CT molecular complexity index is 1190. The summed E-state index contributed by atoms with van der Waals surface area (Å²) in [5.74, 6) is -1.78. The van der Waals surface area contributed by atoms with Gasteiger partial charge in [0.05, 0.1) is 11.6 Å². The summed E-state index contributed by atoms with van der Waals surface area (Å²) < 4.78 is 0. The van der Waals surface area contributed by atoms with Gasteiger partial charge in [0, 0.05) is 21.3 Å². The smallest absolute Gasteiger partial charge is 0.300 e. The fourth-order valence-corrected chi connectivity index (χ4v) is 3.99. The number of nitrogens with zero attached hydrogens (tertiary/aromatic N) is 1. The molecule has 30 heavy (non-hydrogen) atoms. The molecule has 1 atom stereocenters. The predicted molar refractivity (Wildman–Crippen MR) is 119 cm³/mol. The molecule has 1 aliphatic rings. The Morgan fingerprint density at radius 1 is 0.900 bits per heavy atom. The van der Waals surface area contributed by atoms with E-state index in [1.807, 2.05) is 6.92 Å². The van der Waals surface area contributed by atoms with Crippen LogP contribution in [0.4, 0.5) is 5.69 Å². The molecule has 150 valence electrons. The van der Waals surface area contributed by atoms with Crippen LogP contribution in [0.15, 0.2) is 78.4 Å². The number of benzene rings is 3. The number of aryl methyl sites for hydroxylation is 1. The average molecular weight is 438 g/mol. The first-order valence-electron chi connectivity index (χ1n) is 9.27. The lowest BCUT2D eigenvalue weighted by atomic mass is 9.95. The second kappa shape index (κ2) is 7.98. The number of hydrogen-bond donors (Lipinski definition) is 1. The maximum Gasteiger partial charge on any atom is 0.300 e. The summed E-state index contributed by atoms with van der Waals surface area (Å²) in [4.78, 5) is 27.5. The van der Waals surface area contributed by atoms with Gasteiger partial charge in [0.1, 0.15) is 5.76 Å². The van der Waals surface area contributed by atoms with Crippen molar-refractivity contribution >= 4 is 46.3 Å². The summed E-state index contributed by atoms with van der Waals surface area (Å²) in [5, 5.41) is 11.9. The molecule has 3 aromatic carbocycles. The predicted octanol–water partition coefficient (Wildman–Crippen LogP) is 5.93. The van der Waals surface area contributed by atoms with Gasteiger partial charge in [0.2, 0.25) is 0 Å². The zero-order valence-corrected chi connectivity index (χ0v) is 17.5. The minimum Gasteiger partial charge on any atom is -0.507 e. The van der Waals surface area contributed by atoms with E-state index in [0.29, 0.717) is 26.9 Å². The summed E-state index contributed by atoms with van der Waals surface area (Å²) in [6.07, 6.45) is 0. The average Bonchev–Trinajstić information content (AvgIpc) is 3.01. The third-order valence-corrected chi connectivity index (χ3v) is 5.88. The molecule has 4 nitrogen and oxygen atoms in total. The lowest BCUT2D eigenvalue weighted by Crippen LogP contribution is -2.29. The Morgan fingerprint density at radius 3 is 2.23 bits per heavy atom. The Labute approximate surface area is 184 Å². The summed E-state index contributed by atoms with van der Waals surface area (Å²) >= 11 is 12.7. The molecule has 0 saturated carbocycles. The maximum absolute atomic E-state index is 13.1. The SMILES string of the molecule is Cc1ccc(N2C(=O)C(=O)/C(=C(/O)c3ccccc3)[C@@H]2c2ccccc2Cl)cc1Cl. The van der Waals surface area contributed by atoms with Gasteiger partial charge in [-0.1, -0.05) is 77.8 Å². The number of aliphatic hydroxyl groups excluding tert-OH is 1. The Hall–Kier alpha value is -3.08. The zero-order valence-electron chi connectivity index (χ0n) is 16.0. The van der Waals surface area contributed by atoms with Gasteiger partial charge in [-0.2, -0.15) is 0 Å². The van der Waals surface area contributed by atoms with Crippen molar-refractivity contribution in [3.63, 3.8) is 0 Å². The van der Waals surface area contributed by atoms with E-state index in [1.54, 1.807) is 72.8 Å². The van der Waals surface area contributed by atoms with E-state index in [4.69, 9.17) is 23.2 Å². The topological polar surface area (TPSA) is 57.6 Å². The van der Waals surface area contributed by atoms with Gasteiger partial charge in [-0.05, 0) is 36.2 Å². The molecule has 4 rings (SSSR count). The third-order valence-electron chi connectivity index (χ3n) is 5.13. The molecule has 0 aliphatic carbocycles. The quantitative estimate of drug-likeness (QED) is 0.313. The van der Waals surface area contributed by atoms with Crippen LogP contribution in [-0.2, 0) is 9.59 Å². The number of carbonyl (C=O) groups excluding carboxylic acids is 2. The first-order valence-corrected chi connectivity index (χ1v) is 10.0. The van der Waals surface area contributed by atoms with Crippen LogP contribution in [-0.4, -0.2) is 16.8 Å². The van der Waals surface area contributed by atoms with E-state index < -0.39 is 17.7 Å². The summed E-state index contributed by atoms with van der Waals surface area (Å²) in [7, 11) is 0. The van der Waals surface area contributed by atoms with Gasteiger partial charge >= 0.3 is 0 Å². The van der Waals surface area contributed by atoms with Crippen LogP contribution in [0, 0.1) is 6.92 Å². The van der Waals surface area contributed by atoms with Gasteiger partial charge in [-0.3, -0.25) is 14.5 Å². The van der Waals surface area contributed by atoms with Crippen LogP contribution in [0.1, 0.15) is 22.7 Å². The molecular weight excluding hydrogens is 421 g/mol. The van der Waals surface area contributed by atoms with Gasteiger partial charge in [0.15, 0.2) is 0 Å². The van der Waals surface area contributed by atoms with Crippen LogP contribution in [0.25, 0.3) is 5.76 Å². The normalized spacial score (nSPS) is 18.1. The highest BCUT2D eigenvalue weighted by molar-refractivity contribution is 6.52. The number of amides is 1. The summed E-state index contributed by atoms with van der Waals surface area (Å²) in [6.45, 7) is 1.85. The van der Waals surface area contributed by atoms with E-state index in [9.17, 15) is 14.7 Å². The number of ketones is 1. The number of carbonyl (C=O) groups is 2. The molecule has 1 fully saturated rings. The van der Waals surface area contributed by atoms with E-state index in [2.05, 4.69) is 0 Å². The second-order valence-corrected chi connectivity index (χ2v) is 7.80. The number of halogens is 2. The molecule has 6 heteroatoms. The van der Waals surface area contributed by atoms with E-state index >= 15 is 0 Å². The van der Waals surface area contributed by atoms with Crippen molar-refractivity contribution in [2.75, 3.05) is 4.90 Å². The van der Waals surface area contributed by atoms with Crippen molar-refractivity contribution < 1.29 is 14.7 Å². The number of hydrogen-bond acceptors (Lipinski definition) is 3. The van der Waals surface area contributed by atoms with Crippen LogP contribution in [0.3, 0.4) is 0 Å². The second-order valence-electron chi connectivity index (χ2n) is 6.99. The van der Waals surface area contributed by atoms with Crippen molar-refractivity contribution in [2.24, 2.45) is 0 Å². The van der Waals surface area contributed by atoms with Crippen LogP contribution in [0.2, 0.25) is 10.0 Å². The van der Waals surface area contributed by atoms with Crippen molar-refractivity contribution in [1.29, 1.82) is 0 Å². The molecule has 1 saturated heterocycles. The third kappa shape index (κ3) is 3.38. The Kier molecular flexibility index (Phi) is 5.37. The lowest BCUT2D eigenvalue weighted by molar-refractivity contribution is -0.132. The summed E-state index contributed by atoms with van der Waals surface area (Å²) in [6, 6.07) is 19.8. The van der Waals surface area contributed by atoms with Crippen molar-refractivity contribution in [3.8, 4) is 0 Å². The van der Waals surface area contributed by atoms with Gasteiger partial charge in [0.25, 0.3) is 11.7 Å². The lowest BCUT2D eigenvalue weighted by Gasteiger charge is -2.26. The molecule has 0 radical (unpaired) electrons. The molecule has 1 aliphatic heterocycles. The fourth-order valence-electron chi connectivity index (χ4n) is 3.57. The minimum absolute atomic E-state index is 0.0176. The molecule has 1 heterocycles. The monoisotopic (exact) mass is 437 g/mol. The van der Waals surface area contributed by atoms with Crippen molar-refractivity contribution in [3.05, 3.63) is 105 Å². The van der Waals surface area contributed by atoms with Crippen LogP contribution < -0.4 is 4.90 Å². The molecule has 0 bridgehead atoms. The zero-order chi connectivity index (χ0) is 21.4. The van der Waals surface area contributed by atoms with Gasteiger partial charge < -0.3 is 5.11 Å². The van der Waals surface area contributed by atoms with Crippen molar-refractivity contribution in [1.82, 2.24) is 0 Å². The van der Waals surface area contributed by atoms with Gasteiger partial charge in [-0.15, -0.1) is 0 Å². The largest absolute Gasteiger partial charge is 0.507 e. The number of anilines is 1. The minimum atomic E-state index is -0.891.